The maximum Gasteiger partial charge on any atom is 0.111 e. The smallest absolute Gasteiger partial charge is 0.111 e. The van der Waals surface area contributed by atoms with Crippen LogP contribution in [-0.2, 0) is 9.78 Å². The van der Waals surface area contributed by atoms with Crippen LogP contribution in [0.4, 0.5) is 0 Å². The highest BCUT2D eigenvalue weighted by Crippen LogP contribution is 2.50. The molecule has 186 valence electrons. The third-order valence-electron chi connectivity index (χ3n) is 9.50. The number of hydrogen-bond donors (Lipinski definition) is 2. The lowest BCUT2D eigenvalue weighted by molar-refractivity contribution is -0.296. The summed E-state index contributed by atoms with van der Waals surface area (Å²) in [5.41, 5.74) is 0. The minimum atomic E-state index is -0.327. The van der Waals surface area contributed by atoms with Gasteiger partial charge in [0.2, 0.25) is 0 Å². The van der Waals surface area contributed by atoms with Crippen LogP contribution in [0.3, 0.4) is 0 Å². The highest BCUT2D eigenvalue weighted by molar-refractivity contribution is 4.91. The first-order chi connectivity index (χ1) is 15.7. The molecule has 32 heavy (non-hydrogen) atoms. The molecular weight excluding hydrogens is 400 g/mol. The molecule has 4 nitrogen and oxygen atoms in total. The zero-order chi connectivity index (χ0) is 22.8. The molecule has 0 aromatic rings. The molecule has 0 saturated heterocycles. The predicted molar refractivity (Wildman–Crippen MR) is 130 cm³/mol. The second-order valence-corrected chi connectivity index (χ2v) is 11.4. The minimum Gasteiger partial charge on any atom is -0.252 e. The molecule has 3 fully saturated rings. The average molecular weight is 451 g/mol. The van der Waals surface area contributed by atoms with Gasteiger partial charge in [0.1, 0.15) is 6.10 Å². The van der Waals surface area contributed by atoms with Crippen LogP contribution in [0.15, 0.2) is 12.7 Å². The van der Waals surface area contributed by atoms with Crippen LogP contribution in [0.5, 0.6) is 0 Å². The van der Waals surface area contributed by atoms with Gasteiger partial charge in [0, 0.05) is 0 Å². The van der Waals surface area contributed by atoms with Gasteiger partial charge in [-0.05, 0) is 106 Å². The van der Waals surface area contributed by atoms with E-state index in [0.29, 0.717) is 12.3 Å². The van der Waals surface area contributed by atoms with Crippen LogP contribution < -0.4 is 0 Å². The summed E-state index contributed by atoms with van der Waals surface area (Å²) in [6, 6.07) is 0. The molecule has 3 rings (SSSR count). The fourth-order valence-corrected chi connectivity index (χ4v) is 7.47. The van der Waals surface area contributed by atoms with Crippen molar-refractivity contribution in [3.05, 3.63) is 12.7 Å². The van der Waals surface area contributed by atoms with E-state index in [-0.39, 0.29) is 12.2 Å². The topological polar surface area (TPSA) is 58.9 Å². The molecule has 0 bridgehead atoms. The summed E-state index contributed by atoms with van der Waals surface area (Å²) < 4.78 is 0. The third-order valence-corrected chi connectivity index (χ3v) is 9.50. The van der Waals surface area contributed by atoms with E-state index in [1.54, 1.807) is 6.08 Å². The second-order valence-electron chi connectivity index (χ2n) is 11.4. The molecule has 6 unspecified atom stereocenters. The molecule has 6 atom stereocenters. The van der Waals surface area contributed by atoms with Gasteiger partial charge in [0.25, 0.3) is 0 Å². The summed E-state index contributed by atoms with van der Waals surface area (Å²) in [4.78, 5) is 9.35. The lowest BCUT2D eigenvalue weighted by Crippen LogP contribution is -2.37. The fourth-order valence-electron chi connectivity index (χ4n) is 7.47. The Labute approximate surface area is 197 Å². The molecule has 3 aliphatic carbocycles. The molecule has 0 aliphatic heterocycles. The lowest BCUT2D eigenvalue weighted by Gasteiger charge is -2.46. The van der Waals surface area contributed by atoms with Crippen LogP contribution in [0.1, 0.15) is 116 Å². The standard InChI is InChI=1S/C28H50O4/c1-3-5-6-8-21-11-13-22(14-12-21)23-15-16-25-20-26(18-17-24(25)19-23)28(32-30)10-7-9-27(4-2)31-29/h4,21-30H,2-3,5-20H2,1H3. The quantitative estimate of drug-likeness (QED) is 0.128. The molecular formula is C28H50O4. The molecule has 0 amide bonds. The predicted octanol–water partition coefficient (Wildman–Crippen LogP) is 8.28. The van der Waals surface area contributed by atoms with E-state index in [1.807, 2.05) is 0 Å². The first-order valence-electron chi connectivity index (χ1n) is 13.9. The summed E-state index contributed by atoms with van der Waals surface area (Å²) >= 11 is 0. The van der Waals surface area contributed by atoms with Crippen molar-refractivity contribution in [1.82, 2.24) is 0 Å². The van der Waals surface area contributed by atoms with Gasteiger partial charge in [-0.25, -0.2) is 9.78 Å². The van der Waals surface area contributed by atoms with E-state index in [4.69, 9.17) is 10.1 Å². The molecule has 2 N–H and O–H groups in total. The largest absolute Gasteiger partial charge is 0.252 e. The molecule has 4 heteroatoms. The zero-order valence-corrected chi connectivity index (χ0v) is 20.6. The number of rotatable bonds is 13. The Balaban J connectivity index is 1.38. The van der Waals surface area contributed by atoms with Gasteiger partial charge < -0.3 is 0 Å². The Bertz CT molecular complexity index is 516. The third kappa shape index (κ3) is 7.55. The van der Waals surface area contributed by atoms with Gasteiger partial charge >= 0.3 is 0 Å². The average Bonchev–Trinajstić information content (AvgIpc) is 2.84. The molecule has 0 spiro atoms. The molecule has 3 aliphatic rings. The van der Waals surface area contributed by atoms with Crippen molar-refractivity contribution in [1.29, 1.82) is 0 Å². The van der Waals surface area contributed by atoms with Gasteiger partial charge in [0.05, 0.1) is 6.10 Å². The Hall–Kier alpha value is -0.420. The fraction of sp³-hybridized carbons (Fsp3) is 0.929. The summed E-state index contributed by atoms with van der Waals surface area (Å²) in [6.45, 7) is 5.99. The first-order valence-corrected chi connectivity index (χ1v) is 13.9. The van der Waals surface area contributed by atoms with E-state index in [0.717, 1.165) is 42.4 Å². The normalized spacial score (nSPS) is 35.1. The highest BCUT2D eigenvalue weighted by Gasteiger charge is 2.40. The van der Waals surface area contributed by atoms with E-state index in [1.165, 1.54) is 89.9 Å². The number of hydrogen-bond acceptors (Lipinski definition) is 4. The van der Waals surface area contributed by atoms with Crippen LogP contribution in [0.2, 0.25) is 0 Å². The van der Waals surface area contributed by atoms with Gasteiger partial charge in [-0.15, -0.1) is 6.58 Å². The van der Waals surface area contributed by atoms with Crippen LogP contribution >= 0.6 is 0 Å². The minimum absolute atomic E-state index is 0.0826. The van der Waals surface area contributed by atoms with Gasteiger partial charge in [0.15, 0.2) is 0 Å². The molecule has 3 saturated carbocycles. The Morgan fingerprint density at radius 1 is 0.781 bits per heavy atom. The maximum atomic E-state index is 9.55. The van der Waals surface area contributed by atoms with Crippen molar-refractivity contribution in [2.24, 2.45) is 35.5 Å². The SMILES string of the molecule is C=CC(CCCC(OO)C1CCC2CC(C3CCC(CCCCC)CC3)CCC2C1)OO. The van der Waals surface area contributed by atoms with Crippen molar-refractivity contribution in [2.75, 3.05) is 0 Å². The van der Waals surface area contributed by atoms with E-state index in [2.05, 4.69) is 18.4 Å². The van der Waals surface area contributed by atoms with Crippen molar-refractivity contribution < 1.29 is 20.3 Å². The maximum absolute atomic E-state index is 9.55. The van der Waals surface area contributed by atoms with Gasteiger partial charge in [-0.2, -0.15) is 0 Å². The van der Waals surface area contributed by atoms with E-state index >= 15 is 0 Å². The molecule has 0 radical (unpaired) electrons. The van der Waals surface area contributed by atoms with Crippen LogP contribution in [-0.4, -0.2) is 22.7 Å². The monoisotopic (exact) mass is 450 g/mol. The summed E-state index contributed by atoms with van der Waals surface area (Å²) in [5.74, 6) is 5.19. The van der Waals surface area contributed by atoms with Crippen LogP contribution in [0, 0.1) is 35.5 Å². The van der Waals surface area contributed by atoms with E-state index < -0.39 is 0 Å². The van der Waals surface area contributed by atoms with Crippen molar-refractivity contribution >= 4 is 0 Å². The highest BCUT2D eigenvalue weighted by atomic mass is 17.1. The molecule has 0 aromatic heterocycles. The summed E-state index contributed by atoms with van der Waals surface area (Å²) in [5, 5.41) is 18.4. The Morgan fingerprint density at radius 3 is 2.09 bits per heavy atom. The summed E-state index contributed by atoms with van der Waals surface area (Å²) in [7, 11) is 0. The van der Waals surface area contributed by atoms with Crippen molar-refractivity contribution in [2.45, 2.75) is 128 Å². The molecule has 0 heterocycles. The Kier molecular flexibility index (Phi) is 11.5. The first kappa shape index (κ1) is 26.2. The number of fused-ring (bicyclic) bond motifs is 1. The van der Waals surface area contributed by atoms with E-state index in [9.17, 15) is 5.26 Å². The van der Waals surface area contributed by atoms with Gasteiger partial charge in [-0.1, -0.05) is 51.5 Å². The van der Waals surface area contributed by atoms with Crippen molar-refractivity contribution in [3.8, 4) is 0 Å². The summed E-state index contributed by atoms with van der Waals surface area (Å²) in [6.07, 6.45) is 23.2. The Morgan fingerprint density at radius 2 is 1.44 bits per heavy atom. The van der Waals surface area contributed by atoms with Gasteiger partial charge in [-0.3, -0.25) is 10.5 Å². The van der Waals surface area contributed by atoms with Crippen LogP contribution in [0.25, 0.3) is 0 Å². The lowest BCUT2D eigenvalue weighted by atomic mass is 9.60. The zero-order valence-electron chi connectivity index (χ0n) is 20.6. The molecule has 0 aromatic carbocycles. The second kappa shape index (κ2) is 14.1. The van der Waals surface area contributed by atoms with Crippen molar-refractivity contribution in [3.63, 3.8) is 0 Å². The number of unbranched alkanes of at least 4 members (excludes halogenated alkanes) is 2.